The van der Waals surface area contributed by atoms with Crippen LogP contribution in [0.1, 0.15) is 22.8 Å². The number of nitrogens with one attached hydrogen (secondary N) is 2. The number of halogens is 1. The second kappa shape index (κ2) is 11.0. The van der Waals surface area contributed by atoms with Gasteiger partial charge in [-0.1, -0.05) is 29.8 Å². The molecule has 2 amide bonds. The standard InChI is InChI=1S/C24H22ClN3O4/c1-16(27-28-23(29)15-32-22-11-9-21(31-2)10-12-22)17-5-4-8-20(14-17)26-24(30)18-6-3-7-19(25)13-18/h3-14H,15H2,1-2H3,(H,26,30)(H,28,29)/b27-16-. The summed E-state index contributed by atoms with van der Waals surface area (Å²) in [7, 11) is 1.58. The molecule has 32 heavy (non-hydrogen) atoms. The van der Waals surface area contributed by atoms with Crippen LogP contribution in [0.5, 0.6) is 11.5 Å². The lowest BCUT2D eigenvalue weighted by Crippen LogP contribution is -2.25. The Morgan fingerprint density at radius 1 is 0.938 bits per heavy atom. The van der Waals surface area contributed by atoms with Gasteiger partial charge < -0.3 is 14.8 Å². The second-order valence-electron chi connectivity index (χ2n) is 6.74. The van der Waals surface area contributed by atoms with E-state index >= 15 is 0 Å². The number of benzene rings is 3. The zero-order valence-corrected chi connectivity index (χ0v) is 18.3. The van der Waals surface area contributed by atoms with Gasteiger partial charge in [-0.05, 0) is 67.1 Å². The number of methoxy groups -OCH3 is 1. The third-order valence-corrected chi connectivity index (χ3v) is 4.64. The number of anilines is 1. The smallest absolute Gasteiger partial charge is 0.277 e. The topological polar surface area (TPSA) is 89.0 Å². The Morgan fingerprint density at radius 2 is 1.62 bits per heavy atom. The molecular formula is C24H22ClN3O4. The highest BCUT2D eigenvalue weighted by Crippen LogP contribution is 2.17. The first-order chi connectivity index (χ1) is 15.4. The van der Waals surface area contributed by atoms with Crippen molar-refractivity contribution in [3.05, 3.63) is 88.9 Å². The van der Waals surface area contributed by atoms with E-state index in [9.17, 15) is 9.59 Å². The van der Waals surface area contributed by atoms with E-state index in [1.807, 2.05) is 6.07 Å². The van der Waals surface area contributed by atoms with Gasteiger partial charge in [0.15, 0.2) is 6.61 Å². The highest BCUT2D eigenvalue weighted by Gasteiger charge is 2.08. The molecule has 0 aliphatic rings. The molecule has 0 aliphatic carbocycles. The highest BCUT2D eigenvalue weighted by molar-refractivity contribution is 6.31. The Hall–Kier alpha value is -3.84. The first-order valence-corrected chi connectivity index (χ1v) is 10.1. The summed E-state index contributed by atoms with van der Waals surface area (Å²) in [6.07, 6.45) is 0. The monoisotopic (exact) mass is 451 g/mol. The molecule has 2 N–H and O–H groups in total. The van der Waals surface area contributed by atoms with E-state index in [4.69, 9.17) is 21.1 Å². The zero-order chi connectivity index (χ0) is 22.9. The molecule has 8 heteroatoms. The van der Waals surface area contributed by atoms with Gasteiger partial charge in [-0.25, -0.2) is 5.43 Å². The lowest BCUT2D eigenvalue weighted by Gasteiger charge is -2.09. The summed E-state index contributed by atoms with van der Waals surface area (Å²) in [6.45, 7) is 1.57. The molecule has 0 heterocycles. The predicted molar refractivity (Wildman–Crippen MR) is 125 cm³/mol. The average Bonchev–Trinajstić information content (AvgIpc) is 2.81. The molecular weight excluding hydrogens is 430 g/mol. The maximum absolute atomic E-state index is 12.4. The minimum Gasteiger partial charge on any atom is -0.497 e. The first-order valence-electron chi connectivity index (χ1n) is 9.72. The van der Waals surface area contributed by atoms with Crippen LogP contribution in [-0.4, -0.2) is 31.2 Å². The Morgan fingerprint density at radius 3 is 2.34 bits per heavy atom. The number of rotatable bonds is 8. The summed E-state index contributed by atoms with van der Waals surface area (Å²) in [5.41, 5.74) is 4.82. The summed E-state index contributed by atoms with van der Waals surface area (Å²) in [4.78, 5) is 24.4. The number of nitrogens with zero attached hydrogens (tertiary/aromatic N) is 1. The van der Waals surface area contributed by atoms with Gasteiger partial charge in [0, 0.05) is 16.3 Å². The van der Waals surface area contributed by atoms with Gasteiger partial charge in [-0.15, -0.1) is 0 Å². The number of hydrazone groups is 1. The quantitative estimate of drug-likeness (QED) is 0.389. The van der Waals surface area contributed by atoms with Gasteiger partial charge in [0.2, 0.25) is 0 Å². The van der Waals surface area contributed by atoms with Crippen LogP contribution in [-0.2, 0) is 4.79 Å². The Balaban J connectivity index is 1.56. The van der Waals surface area contributed by atoms with E-state index in [1.165, 1.54) is 0 Å². The van der Waals surface area contributed by atoms with Crippen molar-refractivity contribution >= 4 is 34.8 Å². The van der Waals surface area contributed by atoms with Gasteiger partial charge in [0.1, 0.15) is 11.5 Å². The van der Waals surface area contributed by atoms with Crippen LogP contribution in [0, 0.1) is 0 Å². The molecule has 0 aromatic heterocycles. The van der Waals surface area contributed by atoms with Crippen molar-refractivity contribution < 1.29 is 19.1 Å². The summed E-state index contributed by atoms with van der Waals surface area (Å²) in [5, 5.41) is 7.42. The van der Waals surface area contributed by atoms with Crippen molar-refractivity contribution in [2.24, 2.45) is 5.10 Å². The molecule has 0 fully saturated rings. The number of hydrogen-bond acceptors (Lipinski definition) is 5. The SMILES string of the molecule is COc1ccc(OCC(=O)N/N=C(/C)c2cccc(NC(=O)c3cccc(Cl)c3)c2)cc1. The van der Waals surface area contributed by atoms with Gasteiger partial charge in [0.05, 0.1) is 12.8 Å². The maximum Gasteiger partial charge on any atom is 0.277 e. The largest absolute Gasteiger partial charge is 0.497 e. The Labute approximate surface area is 191 Å². The molecule has 3 aromatic rings. The molecule has 0 radical (unpaired) electrons. The number of ether oxygens (including phenoxy) is 2. The van der Waals surface area contributed by atoms with Crippen LogP contribution in [0.15, 0.2) is 77.9 Å². The van der Waals surface area contributed by atoms with Crippen LogP contribution in [0.4, 0.5) is 5.69 Å². The molecule has 164 valence electrons. The molecule has 0 spiro atoms. The van der Waals surface area contributed by atoms with E-state index in [-0.39, 0.29) is 12.5 Å². The fraction of sp³-hybridized carbons (Fsp3) is 0.125. The predicted octanol–water partition coefficient (Wildman–Crippen LogP) is 4.52. The van der Waals surface area contributed by atoms with Crippen molar-refractivity contribution in [3.63, 3.8) is 0 Å². The number of carbonyl (C=O) groups excluding carboxylic acids is 2. The molecule has 0 aliphatic heterocycles. The molecule has 0 atom stereocenters. The molecule has 3 aromatic carbocycles. The minimum absolute atomic E-state index is 0.182. The lowest BCUT2D eigenvalue weighted by atomic mass is 10.1. The van der Waals surface area contributed by atoms with Crippen LogP contribution >= 0.6 is 11.6 Å². The normalized spacial score (nSPS) is 10.9. The summed E-state index contributed by atoms with van der Waals surface area (Å²) in [6, 6.07) is 20.8. The van der Waals surface area contributed by atoms with Gasteiger partial charge in [-0.3, -0.25) is 9.59 Å². The third-order valence-electron chi connectivity index (χ3n) is 4.40. The molecule has 0 saturated heterocycles. The molecule has 0 saturated carbocycles. The Bertz CT molecular complexity index is 1130. The van der Waals surface area contributed by atoms with Crippen LogP contribution < -0.4 is 20.2 Å². The maximum atomic E-state index is 12.4. The van der Waals surface area contributed by atoms with Crippen molar-refractivity contribution in [3.8, 4) is 11.5 Å². The Kier molecular flexibility index (Phi) is 7.83. The summed E-state index contributed by atoms with van der Waals surface area (Å²) < 4.78 is 10.5. The van der Waals surface area contributed by atoms with Crippen molar-refractivity contribution in [2.45, 2.75) is 6.92 Å². The van der Waals surface area contributed by atoms with E-state index in [1.54, 1.807) is 80.8 Å². The van der Waals surface area contributed by atoms with Gasteiger partial charge >= 0.3 is 0 Å². The summed E-state index contributed by atoms with van der Waals surface area (Å²) in [5.74, 6) is 0.576. The fourth-order valence-corrected chi connectivity index (χ4v) is 2.91. The van der Waals surface area contributed by atoms with Gasteiger partial charge in [0.25, 0.3) is 11.8 Å². The molecule has 0 bridgehead atoms. The van der Waals surface area contributed by atoms with Crippen LogP contribution in [0.25, 0.3) is 0 Å². The van der Waals surface area contributed by atoms with Crippen molar-refractivity contribution in [1.29, 1.82) is 0 Å². The number of hydrogen-bond donors (Lipinski definition) is 2. The molecule has 0 unspecified atom stereocenters. The number of amides is 2. The van der Waals surface area contributed by atoms with E-state index < -0.39 is 5.91 Å². The van der Waals surface area contributed by atoms with Crippen LogP contribution in [0.2, 0.25) is 5.02 Å². The molecule has 7 nitrogen and oxygen atoms in total. The second-order valence-corrected chi connectivity index (χ2v) is 7.18. The fourth-order valence-electron chi connectivity index (χ4n) is 2.72. The van der Waals surface area contributed by atoms with Gasteiger partial charge in [-0.2, -0.15) is 5.10 Å². The van der Waals surface area contributed by atoms with E-state index in [2.05, 4.69) is 15.8 Å². The number of carbonyl (C=O) groups is 2. The van der Waals surface area contributed by atoms with Crippen molar-refractivity contribution in [2.75, 3.05) is 19.0 Å². The molecule has 3 rings (SSSR count). The summed E-state index contributed by atoms with van der Waals surface area (Å²) >= 11 is 5.94. The minimum atomic E-state index is -0.398. The lowest BCUT2D eigenvalue weighted by molar-refractivity contribution is -0.123. The van der Waals surface area contributed by atoms with E-state index in [0.29, 0.717) is 33.5 Å². The highest BCUT2D eigenvalue weighted by atomic mass is 35.5. The average molecular weight is 452 g/mol. The first kappa shape index (κ1) is 22.8. The third kappa shape index (κ3) is 6.58. The van der Waals surface area contributed by atoms with Crippen LogP contribution in [0.3, 0.4) is 0 Å². The van der Waals surface area contributed by atoms with Crippen molar-refractivity contribution in [1.82, 2.24) is 5.43 Å². The van der Waals surface area contributed by atoms with E-state index in [0.717, 1.165) is 5.56 Å². The zero-order valence-electron chi connectivity index (χ0n) is 17.6.